The predicted octanol–water partition coefficient (Wildman–Crippen LogP) is 1.62. The van der Waals surface area contributed by atoms with Crippen LogP contribution in [0, 0.1) is 17.6 Å². The van der Waals surface area contributed by atoms with Gasteiger partial charge >= 0.3 is 0 Å². The summed E-state index contributed by atoms with van der Waals surface area (Å²) >= 11 is 0. The third kappa shape index (κ3) is 4.12. The average molecular weight is 322 g/mol. The second-order valence-corrected chi connectivity index (χ2v) is 6.50. The minimum absolute atomic E-state index is 0.0594. The first-order valence-corrected chi connectivity index (χ1v) is 8.14. The molecule has 1 unspecified atom stereocenters. The van der Waals surface area contributed by atoms with Crippen molar-refractivity contribution in [3.8, 4) is 0 Å². The van der Waals surface area contributed by atoms with Crippen molar-refractivity contribution in [2.45, 2.75) is 37.7 Å². The van der Waals surface area contributed by atoms with Crippen molar-refractivity contribution in [1.82, 2.24) is 4.72 Å². The molecule has 0 spiro atoms. The summed E-state index contributed by atoms with van der Waals surface area (Å²) in [4.78, 5) is -0.738. The van der Waals surface area contributed by atoms with Gasteiger partial charge in [-0.15, -0.1) is 0 Å². The second kappa shape index (κ2) is 7.15. The Labute approximate surface area is 123 Å². The number of aliphatic hydroxyl groups is 1. The van der Waals surface area contributed by atoms with Gasteiger partial charge in [-0.25, -0.2) is 21.9 Å². The van der Waals surface area contributed by atoms with Gasteiger partial charge in [0.25, 0.3) is 0 Å². The van der Waals surface area contributed by atoms with Crippen LogP contribution >= 0.6 is 0 Å². The van der Waals surface area contributed by atoms with E-state index >= 15 is 0 Å². The van der Waals surface area contributed by atoms with E-state index in [1.165, 1.54) is 0 Å². The molecular formula is C13H20F2N2O3S. The highest BCUT2D eigenvalue weighted by Crippen LogP contribution is 2.22. The largest absolute Gasteiger partial charge is 0.394 e. The first-order valence-electron chi connectivity index (χ1n) is 6.65. The molecule has 1 rings (SSSR count). The summed E-state index contributed by atoms with van der Waals surface area (Å²) in [6, 6.07) is 1.58. The molecule has 0 saturated heterocycles. The molecule has 5 nitrogen and oxygen atoms in total. The normalized spacial score (nSPS) is 13.6. The highest BCUT2D eigenvalue weighted by Gasteiger charge is 2.24. The molecule has 4 N–H and O–H groups in total. The van der Waals surface area contributed by atoms with E-state index in [0.29, 0.717) is 12.8 Å². The molecule has 1 atom stereocenters. The lowest BCUT2D eigenvalue weighted by Gasteiger charge is -2.20. The summed E-state index contributed by atoms with van der Waals surface area (Å²) in [6.07, 6.45) is 0.504. The number of rotatable bonds is 7. The molecule has 0 aliphatic heterocycles. The number of anilines is 1. The molecule has 0 radical (unpaired) electrons. The Morgan fingerprint density at radius 1 is 1.29 bits per heavy atom. The van der Waals surface area contributed by atoms with Crippen molar-refractivity contribution in [2.75, 3.05) is 12.3 Å². The standard InChI is InChI=1S/C13H20F2N2O3S/c1-3-8(4-2)10(18)7-17-21(19,20)11-6-5-9(14)13(16)12(11)15/h5-6,8,10,17-18H,3-4,7,16H2,1-2H3. The zero-order chi connectivity index (χ0) is 16.2. The SMILES string of the molecule is CCC(CC)C(O)CNS(=O)(=O)c1ccc(F)c(N)c1F. The lowest BCUT2D eigenvalue weighted by Crippen LogP contribution is -2.36. The van der Waals surface area contributed by atoms with Crippen LogP contribution in [0.5, 0.6) is 0 Å². The fourth-order valence-electron chi connectivity index (χ4n) is 2.03. The first-order chi connectivity index (χ1) is 9.74. The minimum atomic E-state index is -4.21. The van der Waals surface area contributed by atoms with E-state index in [4.69, 9.17) is 5.73 Å². The maximum atomic E-state index is 13.7. The average Bonchev–Trinajstić information content (AvgIpc) is 2.44. The van der Waals surface area contributed by atoms with E-state index in [-0.39, 0.29) is 12.5 Å². The maximum absolute atomic E-state index is 13.7. The van der Waals surface area contributed by atoms with Crippen LogP contribution in [0.15, 0.2) is 17.0 Å². The van der Waals surface area contributed by atoms with Gasteiger partial charge in [0, 0.05) is 6.54 Å². The first kappa shape index (κ1) is 17.8. The Morgan fingerprint density at radius 2 is 1.86 bits per heavy atom. The number of sulfonamides is 1. The van der Waals surface area contributed by atoms with Gasteiger partial charge in [-0.05, 0) is 18.1 Å². The Balaban J connectivity index is 2.91. The molecule has 21 heavy (non-hydrogen) atoms. The van der Waals surface area contributed by atoms with E-state index in [9.17, 15) is 22.3 Å². The number of hydrogen-bond acceptors (Lipinski definition) is 4. The molecule has 0 fully saturated rings. The highest BCUT2D eigenvalue weighted by molar-refractivity contribution is 7.89. The van der Waals surface area contributed by atoms with Crippen molar-refractivity contribution >= 4 is 15.7 Å². The van der Waals surface area contributed by atoms with Crippen LogP contribution in [0.2, 0.25) is 0 Å². The van der Waals surface area contributed by atoms with Crippen molar-refractivity contribution in [2.24, 2.45) is 5.92 Å². The van der Waals surface area contributed by atoms with Crippen LogP contribution in [-0.2, 0) is 10.0 Å². The quantitative estimate of drug-likeness (QED) is 0.665. The minimum Gasteiger partial charge on any atom is -0.394 e. The molecule has 0 bridgehead atoms. The van der Waals surface area contributed by atoms with E-state index in [0.717, 1.165) is 12.1 Å². The summed E-state index contributed by atoms with van der Waals surface area (Å²) < 4.78 is 52.8. The van der Waals surface area contributed by atoms with Crippen molar-refractivity contribution in [1.29, 1.82) is 0 Å². The van der Waals surface area contributed by atoms with Gasteiger partial charge in [0.15, 0.2) is 5.82 Å². The molecule has 1 aromatic carbocycles. The molecular weight excluding hydrogens is 302 g/mol. The van der Waals surface area contributed by atoms with Crippen molar-refractivity contribution in [3.63, 3.8) is 0 Å². The third-order valence-electron chi connectivity index (χ3n) is 3.46. The third-order valence-corrected chi connectivity index (χ3v) is 4.90. The van der Waals surface area contributed by atoms with Gasteiger partial charge in [-0.2, -0.15) is 0 Å². The van der Waals surface area contributed by atoms with E-state index in [1.807, 2.05) is 13.8 Å². The molecule has 0 aliphatic rings. The number of nitrogens with one attached hydrogen (secondary N) is 1. The number of halogens is 2. The lowest BCUT2D eigenvalue weighted by molar-refractivity contribution is 0.107. The zero-order valence-electron chi connectivity index (χ0n) is 11.9. The number of aliphatic hydroxyl groups excluding tert-OH is 1. The summed E-state index contributed by atoms with van der Waals surface area (Å²) in [6.45, 7) is 3.52. The van der Waals surface area contributed by atoms with Crippen LogP contribution in [0.3, 0.4) is 0 Å². The van der Waals surface area contributed by atoms with Gasteiger partial charge in [-0.1, -0.05) is 26.7 Å². The molecule has 0 aliphatic carbocycles. The molecule has 0 heterocycles. The van der Waals surface area contributed by atoms with E-state index < -0.39 is 38.3 Å². The molecule has 120 valence electrons. The predicted molar refractivity (Wildman–Crippen MR) is 76.0 cm³/mol. The fourth-order valence-corrected chi connectivity index (χ4v) is 3.17. The molecule has 0 aromatic heterocycles. The van der Waals surface area contributed by atoms with Gasteiger partial charge in [0.1, 0.15) is 16.4 Å². The molecule has 0 amide bonds. The topological polar surface area (TPSA) is 92.4 Å². The van der Waals surface area contributed by atoms with Gasteiger partial charge in [0.2, 0.25) is 10.0 Å². The van der Waals surface area contributed by atoms with Crippen LogP contribution in [-0.4, -0.2) is 26.2 Å². The van der Waals surface area contributed by atoms with Crippen LogP contribution < -0.4 is 10.5 Å². The summed E-state index contributed by atoms with van der Waals surface area (Å²) in [5, 5.41) is 9.88. The lowest BCUT2D eigenvalue weighted by atomic mass is 9.97. The number of hydrogen-bond donors (Lipinski definition) is 3. The Morgan fingerprint density at radius 3 is 2.38 bits per heavy atom. The van der Waals surface area contributed by atoms with Gasteiger partial charge < -0.3 is 10.8 Å². The Bertz CT molecular complexity index is 589. The maximum Gasteiger partial charge on any atom is 0.243 e. The van der Waals surface area contributed by atoms with Crippen LogP contribution in [0.25, 0.3) is 0 Å². The number of benzene rings is 1. The summed E-state index contributed by atoms with van der Waals surface area (Å²) in [7, 11) is -4.21. The number of nitrogens with two attached hydrogens (primary N) is 1. The van der Waals surface area contributed by atoms with Gasteiger partial charge in [0.05, 0.1) is 6.10 Å². The molecule has 8 heteroatoms. The molecule has 1 aromatic rings. The smallest absolute Gasteiger partial charge is 0.243 e. The summed E-state index contributed by atoms with van der Waals surface area (Å²) in [5.41, 5.74) is 4.29. The van der Waals surface area contributed by atoms with Crippen LogP contribution in [0.1, 0.15) is 26.7 Å². The fraction of sp³-hybridized carbons (Fsp3) is 0.538. The van der Waals surface area contributed by atoms with Crippen molar-refractivity contribution in [3.05, 3.63) is 23.8 Å². The van der Waals surface area contributed by atoms with Crippen molar-refractivity contribution < 1.29 is 22.3 Å². The monoisotopic (exact) mass is 322 g/mol. The van der Waals surface area contributed by atoms with E-state index in [1.54, 1.807) is 0 Å². The van der Waals surface area contributed by atoms with Gasteiger partial charge in [-0.3, -0.25) is 0 Å². The van der Waals surface area contributed by atoms with E-state index in [2.05, 4.69) is 4.72 Å². The Kier molecular flexibility index (Phi) is 6.06. The van der Waals surface area contributed by atoms with Crippen LogP contribution in [0.4, 0.5) is 14.5 Å². The number of nitrogen functional groups attached to an aromatic ring is 1. The molecule has 0 saturated carbocycles. The Hall–Kier alpha value is -1.25. The summed E-state index contributed by atoms with van der Waals surface area (Å²) in [5.74, 6) is -2.42. The second-order valence-electron chi connectivity index (χ2n) is 4.77. The zero-order valence-corrected chi connectivity index (χ0v) is 12.8. The highest BCUT2D eigenvalue weighted by atomic mass is 32.2.